The first-order valence-corrected chi connectivity index (χ1v) is 12.0. The van der Waals surface area contributed by atoms with Crippen molar-refractivity contribution in [1.82, 2.24) is 20.1 Å². The van der Waals surface area contributed by atoms with Crippen LogP contribution >= 0.6 is 35.0 Å². The maximum atomic E-state index is 12.9. The number of rotatable bonds is 9. The first-order chi connectivity index (χ1) is 15.3. The van der Waals surface area contributed by atoms with Crippen molar-refractivity contribution in [3.05, 3.63) is 75.5 Å². The Morgan fingerprint density at radius 3 is 2.44 bits per heavy atom. The maximum Gasteiger partial charge on any atom is 0.253 e. The van der Waals surface area contributed by atoms with Gasteiger partial charge in [0.2, 0.25) is 0 Å². The summed E-state index contributed by atoms with van der Waals surface area (Å²) in [5.74, 6) is 0.638. The molecule has 0 unspecified atom stereocenters. The Morgan fingerprint density at radius 2 is 1.81 bits per heavy atom. The number of hydrogen-bond acceptors (Lipinski definition) is 5. The molecule has 1 amide bonds. The molecular weight excluding hydrogens is 467 g/mol. The summed E-state index contributed by atoms with van der Waals surface area (Å²) in [6, 6.07) is 13.5. The van der Waals surface area contributed by atoms with E-state index in [2.05, 4.69) is 15.5 Å². The van der Waals surface area contributed by atoms with Crippen LogP contribution in [0.2, 0.25) is 10.0 Å². The van der Waals surface area contributed by atoms with Gasteiger partial charge in [-0.25, -0.2) is 0 Å². The van der Waals surface area contributed by atoms with E-state index < -0.39 is 0 Å². The molecule has 0 spiro atoms. The van der Waals surface area contributed by atoms with E-state index in [4.69, 9.17) is 23.2 Å². The van der Waals surface area contributed by atoms with Crippen molar-refractivity contribution in [3.63, 3.8) is 0 Å². The van der Waals surface area contributed by atoms with Gasteiger partial charge < -0.3 is 9.88 Å². The lowest BCUT2D eigenvalue weighted by Crippen LogP contribution is -2.34. The summed E-state index contributed by atoms with van der Waals surface area (Å²) >= 11 is 13.5. The molecular formula is C23H24Cl2N4O2S. The summed E-state index contributed by atoms with van der Waals surface area (Å²) in [6.45, 7) is 6.57. The number of ketones is 1. The lowest BCUT2D eigenvalue weighted by atomic mass is 10.0. The quantitative estimate of drug-likeness (QED) is 0.307. The summed E-state index contributed by atoms with van der Waals surface area (Å²) in [5, 5.41) is 13.1. The van der Waals surface area contributed by atoms with Gasteiger partial charge in [0.1, 0.15) is 0 Å². The zero-order valence-corrected chi connectivity index (χ0v) is 20.3. The Labute approximate surface area is 201 Å². The molecule has 0 aliphatic carbocycles. The van der Waals surface area contributed by atoms with Crippen LogP contribution in [0.5, 0.6) is 0 Å². The third-order valence-corrected chi connectivity index (χ3v) is 6.41. The molecule has 1 heterocycles. The molecule has 1 aromatic heterocycles. The number of amides is 1. The minimum absolute atomic E-state index is 0.0221. The molecule has 0 aliphatic heterocycles. The molecule has 3 aromatic rings. The second-order valence-corrected chi connectivity index (χ2v) is 9.27. The molecule has 1 N–H and O–H groups in total. The fourth-order valence-corrected chi connectivity index (χ4v) is 4.59. The van der Waals surface area contributed by atoms with Crippen LogP contribution in [0, 0.1) is 5.92 Å². The average molecular weight is 491 g/mol. The Kier molecular flexibility index (Phi) is 8.34. The number of benzene rings is 2. The molecule has 1 atom stereocenters. The molecule has 3 rings (SSSR count). The van der Waals surface area contributed by atoms with Crippen molar-refractivity contribution in [3.8, 4) is 0 Å². The van der Waals surface area contributed by atoms with E-state index >= 15 is 0 Å². The number of Topliss-reactive ketones (excluding diaryl/α,β-unsaturated/α-hetero) is 1. The number of halogens is 2. The van der Waals surface area contributed by atoms with Gasteiger partial charge in [-0.05, 0) is 31.0 Å². The van der Waals surface area contributed by atoms with E-state index in [0.29, 0.717) is 33.7 Å². The molecule has 32 heavy (non-hydrogen) atoms. The van der Waals surface area contributed by atoms with Gasteiger partial charge in [-0.2, -0.15) is 0 Å². The lowest BCUT2D eigenvalue weighted by Gasteiger charge is -2.22. The molecule has 0 saturated carbocycles. The summed E-state index contributed by atoms with van der Waals surface area (Å²) in [4.78, 5) is 25.4. The molecule has 6 nitrogen and oxygen atoms in total. The van der Waals surface area contributed by atoms with Crippen molar-refractivity contribution in [1.29, 1.82) is 0 Å². The minimum Gasteiger partial charge on any atom is -0.342 e. The molecule has 0 bridgehead atoms. The van der Waals surface area contributed by atoms with Crippen molar-refractivity contribution in [2.45, 2.75) is 38.5 Å². The highest BCUT2D eigenvalue weighted by Gasteiger charge is 2.27. The molecule has 2 aromatic carbocycles. The van der Waals surface area contributed by atoms with E-state index in [0.717, 1.165) is 0 Å². The van der Waals surface area contributed by atoms with Crippen LogP contribution in [0.1, 0.15) is 53.4 Å². The monoisotopic (exact) mass is 490 g/mol. The maximum absolute atomic E-state index is 12.9. The summed E-state index contributed by atoms with van der Waals surface area (Å²) in [6.07, 6.45) is 0. The minimum atomic E-state index is -0.388. The van der Waals surface area contributed by atoms with Crippen LogP contribution in [0.4, 0.5) is 0 Å². The smallest absolute Gasteiger partial charge is 0.253 e. The number of carbonyl (C=O) groups is 2. The standard InChI is InChI=1S/C23H24Cl2N4O2S/c1-4-29-21(27-28-23(29)32-13-19(30)15-8-6-5-7-9-15)20(14(2)3)26-22(31)17-11-10-16(24)12-18(17)25/h5-12,14,20H,4,13H2,1-3H3,(H,26,31)/t20-/m0/s1. The average Bonchev–Trinajstić information content (AvgIpc) is 3.18. The van der Waals surface area contributed by atoms with Crippen LogP contribution in [0.15, 0.2) is 53.7 Å². The zero-order valence-electron chi connectivity index (χ0n) is 18.0. The normalized spacial score (nSPS) is 12.1. The fraction of sp³-hybridized carbons (Fsp3) is 0.304. The number of carbonyl (C=O) groups excluding carboxylic acids is 2. The SMILES string of the molecule is CCn1c(SCC(=O)c2ccccc2)nnc1[C@@H](NC(=O)c1ccc(Cl)cc1Cl)C(C)C. The van der Waals surface area contributed by atoms with Gasteiger partial charge in [-0.15, -0.1) is 10.2 Å². The first-order valence-electron chi connectivity index (χ1n) is 10.2. The predicted molar refractivity (Wildman–Crippen MR) is 129 cm³/mol. The summed E-state index contributed by atoms with van der Waals surface area (Å²) < 4.78 is 1.93. The molecule has 168 valence electrons. The van der Waals surface area contributed by atoms with Crippen LogP contribution in [-0.2, 0) is 6.54 Å². The number of aromatic nitrogens is 3. The van der Waals surface area contributed by atoms with Gasteiger partial charge in [0.25, 0.3) is 5.91 Å². The number of nitrogens with zero attached hydrogens (tertiary/aromatic N) is 3. The lowest BCUT2D eigenvalue weighted by molar-refractivity contribution is 0.0921. The van der Waals surface area contributed by atoms with Gasteiger partial charge in [-0.1, -0.05) is 79.1 Å². The summed E-state index contributed by atoms with van der Waals surface area (Å²) in [5.41, 5.74) is 1.00. The Balaban J connectivity index is 1.79. The summed E-state index contributed by atoms with van der Waals surface area (Å²) in [7, 11) is 0. The number of nitrogens with one attached hydrogen (secondary N) is 1. The topological polar surface area (TPSA) is 76.9 Å². The Morgan fingerprint density at radius 1 is 1.09 bits per heavy atom. The number of hydrogen-bond donors (Lipinski definition) is 1. The van der Waals surface area contributed by atoms with E-state index in [1.54, 1.807) is 24.3 Å². The van der Waals surface area contributed by atoms with Gasteiger partial charge in [0, 0.05) is 17.1 Å². The van der Waals surface area contributed by atoms with Gasteiger partial charge in [-0.3, -0.25) is 9.59 Å². The van der Waals surface area contributed by atoms with Gasteiger partial charge in [0.15, 0.2) is 16.8 Å². The molecule has 0 fully saturated rings. The largest absolute Gasteiger partial charge is 0.342 e. The molecule has 0 saturated heterocycles. The van der Waals surface area contributed by atoms with Crippen LogP contribution in [0.25, 0.3) is 0 Å². The molecule has 9 heteroatoms. The first kappa shape index (κ1) is 24.3. The van der Waals surface area contributed by atoms with Gasteiger partial charge >= 0.3 is 0 Å². The van der Waals surface area contributed by atoms with E-state index in [1.165, 1.54) is 17.8 Å². The highest BCUT2D eigenvalue weighted by atomic mass is 35.5. The van der Waals surface area contributed by atoms with Crippen molar-refractivity contribution >= 4 is 46.7 Å². The van der Waals surface area contributed by atoms with Crippen LogP contribution in [0.3, 0.4) is 0 Å². The van der Waals surface area contributed by atoms with Crippen LogP contribution in [-0.4, -0.2) is 32.2 Å². The second-order valence-electron chi connectivity index (χ2n) is 7.48. The van der Waals surface area contributed by atoms with E-state index in [1.807, 2.05) is 43.5 Å². The van der Waals surface area contributed by atoms with E-state index in [9.17, 15) is 9.59 Å². The van der Waals surface area contributed by atoms with Crippen molar-refractivity contribution in [2.24, 2.45) is 5.92 Å². The second kappa shape index (κ2) is 11.0. The van der Waals surface area contributed by atoms with Gasteiger partial charge in [0.05, 0.1) is 22.4 Å². The zero-order chi connectivity index (χ0) is 23.3. The van der Waals surface area contributed by atoms with Crippen molar-refractivity contribution in [2.75, 3.05) is 5.75 Å². The third-order valence-electron chi connectivity index (χ3n) is 4.90. The van der Waals surface area contributed by atoms with Crippen molar-refractivity contribution < 1.29 is 9.59 Å². The predicted octanol–water partition coefficient (Wildman–Crippen LogP) is 5.71. The third kappa shape index (κ3) is 5.71. The number of thioether (sulfide) groups is 1. The molecule has 0 radical (unpaired) electrons. The highest BCUT2D eigenvalue weighted by molar-refractivity contribution is 7.99. The van der Waals surface area contributed by atoms with Crippen LogP contribution < -0.4 is 5.32 Å². The highest BCUT2D eigenvalue weighted by Crippen LogP contribution is 2.27. The Hall–Kier alpha value is -2.35. The molecule has 0 aliphatic rings. The Bertz CT molecular complexity index is 1100. The fourth-order valence-electron chi connectivity index (χ4n) is 3.19. The van der Waals surface area contributed by atoms with E-state index in [-0.39, 0.29) is 34.4 Å².